The maximum atomic E-state index is 13.5. The number of aromatic carboxylic acids is 1. The third-order valence-electron chi connectivity index (χ3n) is 6.05. The van der Waals surface area contributed by atoms with Gasteiger partial charge in [0.2, 0.25) is 11.8 Å². The quantitative estimate of drug-likeness (QED) is 0.212. The van der Waals surface area contributed by atoms with Crippen LogP contribution in [0.2, 0.25) is 0 Å². The van der Waals surface area contributed by atoms with Gasteiger partial charge >= 0.3 is 12.1 Å². The van der Waals surface area contributed by atoms with Crippen molar-refractivity contribution in [1.29, 1.82) is 0 Å². The van der Waals surface area contributed by atoms with Gasteiger partial charge < -0.3 is 24.6 Å². The summed E-state index contributed by atoms with van der Waals surface area (Å²) in [6.07, 6.45) is -1.05. The zero-order valence-electron chi connectivity index (χ0n) is 23.8. The van der Waals surface area contributed by atoms with Crippen LogP contribution in [-0.4, -0.2) is 77.1 Å². The molecule has 4 aromatic rings. The number of carbonyl (C=O) groups is 1. The van der Waals surface area contributed by atoms with Crippen LogP contribution >= 0.6 is 0 Å². The number of benzene rings is 1. The molecular formula is C27H27F3N6O7S. The number of carboxylic acid groups (broad SMARTS) is 1. The minimum Gasteiger partial charge on any atom is -0.497 e. The van der Waals surface area contributed by atoms with Crippen LogP contribution in [0.15, 0.2) is 42.7 Å². The van der Waals surface area contributed by atoms with E-state index in [1.807, 2.05) is 0 Å². The van der Waals surface area contributed by atoms with Gasteiger partial charge in [-0.05, 0) is 25.5 Å². The Labute approximate surface area is 249 Å². The van der Waals surface area contributed by atoms with Crippen LogP contribution in [0.5, 0.6) is 17.4 Å². The van der Waals surface area contributed by atoms with Gasteiger partial charge in [0.15, 0.2) is 11.5 Å². The lowest BCUT2D eigenvalue weighted by Crippen LogP contribution is -2.12. The van der Waals surface area contributed by atoms with Gasteiger partial charge in [-0.2, -0.15) is 23.3 Å². The van der Waals surface area contributed by atoms with E-state index >= 15 is 0 Å². The topological polar surface area (TPSA) is 168 Å². The molecule has 0 aliphatic carbocycles. The Morgan fingerprint density at radius 1 is 1.05 bits per heavy atom. The number of sulfone groups is 1. The third-order valence-corrected chi connectivity index (χ3v) is 7.08. The summed E-state index contributed by atoms with van der Waals surface area (Å²) < 4.78 is 80.3. The van der Waals surface area contributed by atoms with Crippen molar-refractivity contribution >= 4 is 27.4 Å². The number of alkyl halides is 3. The molecule has 2 N–H and O–H groups in total. The van der Waals surface area contributed by atoms with Crippen molar-refractivity contribution in [2.75, 3.05) is 38.2 Å². The number of nitrogens with one attached hydrogen (secondary N) is 1. The molecule has 0 saturated carbocycles. The number of rotatable bonds is 12. The first kappa shape index (κ1) is 32.0. The van der Waals surface area contributed by atoms with Crippen molar-refractivity contribution in [3.8, 4) is 34.3 Å². The number of carboxylic acids is 1. The number of nitrogens with zero attached hydrogens (tertiary/aromatic N) is 5. The minimum atomic E-state index is -4.74. The Balaban J connectivity index is 1.79. The van der Waals surface area contributed by atoms with Crippen molar-refractivity contribution in [3.63, 3.8) is 0 Å². The van der Waals surface area contributed by atoms with Gasteiger partial charge in [-0.3, -0.25) is 0 Å². The number of aryl methyl sites for hydroxylation is 1. The highest BCUT2D eigenvalue weighted by molar-refractivity contribution is 7.90. The molecule has 0 spiro atoms. The van der Waals surface area contributed by atoms with Crippen LogP contribution in [0.1, 0.15) is 28.2 Å². The lowest BCUT2D eigenvalue weighted by molar-refractivity contribution is -0.141. The van der Waals surface area contributed by atoms with Gasteiger partial charge in [-0.25, -0.2) is 27.9 Å². The van der Waals surface area contributed by atoms with Gasteiger partial charge in [0.25, 0.3) is 0 Å². The van der Waals surface area contributed by atoms with Crippen molar-refractivity contribution < 1.29 is 45.7 Å². The maximum Gasteiger partial charge on any atom is 0.435 e. The summed E-state index contributed by atoms with van der Waals surface area (Å²) in [4.78, 5) is 24.9. The average molecular weight is 637 g/mol. The molecule has 0 unspecified atom stereocenters. The monoisotopic (exact) mass is 636 g/mol. The summed E-state index contributed by atoms with van der Waals surface area (Å²) in [5.74, 6) is -1.07. The van der Waals surface area contributed by atoms with E-state index in [2.05, 4.69) is 25.4 Å². The van der Waals surface area contributed by atoms with Crippen molar-refractivity contribution in [3.05, 3.63) is 59.7 Å². The van der Waals surface area contributed by atoms with E-state index < -0.39 is 27.7 Å². The van der Waals surface area contributed by atoms with E-state index in [4.69, 9.17) is 14.2 Å². The molecule has 0 aliphatic rings. The van der Waals surface area contributed by atoms with E-state index in [-0.39, 0.29) is 58.8 Å². The molecule has 234 valence electrons. The molecule has 0 fully saturated rings. The number of anilines is 2. The van der Waals surface area contributed by atoms with Crippen LogP contribution in [0.3, 0.4) is 0 Å². The Hall–Kier alpha value is -4.93. The Bertz CT molecular complexity index is 1770. The molecule has 0 aliphatic heterocycles. The van der Waals surface area contributed by atoms with Crippen LogP contribution in [-0.2, 0) is 16.0 Å². The first-order valence-electron chi connectivity index (χ1n) is 12.7. The maximum absolute atomic E-state index is 13.5. The third kappa shape index (κ3) is 7.71. The van der Waals surface area contributed by atoms with E-state index in [0.29, 0.717) is 17.2 Å². The molecule has 4 rings (SSSR count). The molecule has 0 atom stereocenters. The summed E-state index contributed by atoms with van der Waals surface area (Å²) in [6, 6.07) is 6.93. The fourth-order valence-corrected chi connectivity index (χ4v) is 4.63. The van der Waals surface area contributed by atoms with Crippen LogP contribution in [0.25, 0.3) is 16.9 Å². The molecule has 0 radical (unpaired) electrons. The lowest BCUT2D eigenvalue weighted by atomic mass is 10.1. The zero-order chi connectivity index (χ0) is 32.2. The molecule has 0 saturated heterocycles. The Morgan fingerprint density at radius 3 is 2.30 bits per heavy atom. The second kappa shape index (κ2) is 12.7. The van der Waals surface area contributed by atoms with Crippen molar-refractivity contribution in [1.82, 2.24) is 24.7 Å². The first-order chi connectivity index (χ1) is 20.7. The Kier molecular flexibility index (Phi) is 9.27. The number of hydrogen-bond acceptors (Lipinski definition) is 11. The summed E-state index contributed by atoms with van der Waals surface area (Å²) in [5.41, 5.74) is -0.750. The van der Waals surface area contributed by atoms with Gasteiger partial charge in [0, 0.05) is 59.4 Å². The van der Waals surface area contributed by atoms with Crippen molar-refractivity contribution in [2.45, 2.75) is 19.5 Å². The highest BCUT2D eigenvalue weighted by Crippen LogP contribution is 2.34. The highest BCUT2D eigenvalue weighted by Gasteiger charge is 2.35. The number of ether oxygens (including phenoxy) is 3. The van der Waals surface area contributed by atoms with E-state index in [0.717, 1.165) is 17.0 Å². The summed E-state index contributed by atoms with van der Waals surface area (Å²) in [6.45, 7) is 1.29. The molecule has 3 aromatic heterocycles. The van der Waals surface area contributed by atoms with Crippen LogP contribution in [0, 0.1) is 6.92 Å². The average Bonchev–Trinajstić information content (AvgIpc) is 3.36. The van der Waals surface area contributed by atoms with E-state index in [9.17, 15) is 31.5 Å². The van der Waals surface area contributed by atoms with E-state index in [1.165, 1.54) is 39.6 Å². The number of methoxy groups -OCH3 is 2. The number of pyridine rings is 1. The molecule has 44 heavy (non-hydrogen) atoms. The summed E-state index contributed by atoms with van der Waals surface area (Å²) in [7, 11) is -0.319. The van der Waals surface area contributed by atoms with Gasteiger partial charge in [0.1, 0.15) is 26.9 Å². The fraction of sp³-hybridized carbons (Fsp3) is 0.296. The molecule has 3 heterocycles. The van der Waals surface area contributed by atoms with E-state index in [1.54, 1.807) is 18.2 Å². The molecule has 13 nitrogen and oxygen atoms in total. The van der Waals surface area contributed by atoms with Gasteiger partial charge in [0.05, 0.1) is 26.6 Å². The standard InChI is InChI=1S/C27H27F3N6O7S/c1-15-8-22(27(28,29)30)35-36(15)23-21(14-32-26(34-23)33-17-10-18(41-2)12-19(11-17)42-3)16-9-20(25(37)38)24(31-13-16)43-6-5-7-44(4,39)40/h8-14H,5-7H2,1-4H3,(H,37,38)(H,32,33,34). The number of aromatic nitrogens is 5. The van der Waals surface area contributed by atoms with Gasteiger partial charge in [-0.1, -0.05) is 0 Å². The fourth-order valence-electron chi connectivity index (χ4n) is 3.99. The SMILES string of the molecule is COc1cc(Nc2ncc(-c3cnc(OCCCS(C)(=O)=O)c(C(=O)O)c3)c(-n3nc(C(F)(F)F)cc3C)n2)cc(OC)c1. The predicted octanol–water partition coefficient (Wildman–Crippen LogP) is 4.32. The molecular weight excluding hydrogens is 609 g/mol. The molecule has 0 bridgehead atoms. The largest absolute Gasteiger partial charge is 0.497 e. The highest BCUT2D eigenvalue weighted by atomic mass is 32.2. The smallest absolute Gasteiger partial charge is 0.435 e. The van der Waals surface area contributed by atoms with Crippen LogP contribution in [0.4, 0.5) is 24.8 Å². The normalized spacial score (nSPS) is 11.7. The second-order valence-electron chi connectivity index (χ2n) is 9.45. The number of hydrogen-bond donors (Lipinski definition) is 2. The summed E-state index contributed by atoms with van der Waals surface area (Å²) >= 11 is 0. The predicted molar refractivity (Wildman–Crippen MR) is 152 cm³/mol. The number of halogens is 3. The molecule has 17 heteroatoms. The second-order valence-corrected chi connectivity index (χ2v) is 11.7. The van der Waals surface area contributed by atoms with Crippen LogP contribution < -0.4 is 19.5 Å². The van der Waals surface area contributed by atoms with Gasteiger partial charge in [-0.15, -0.1) is 0 Å². The minimum absolute atomic E-state index is 0.0280. The van der Waals surface area contributed by atoms with Crippen molar-refractivity contribution in [2.24, 2.45) is 0 Å². The summed E-state index contributed by atoms with van der Waals surface area (Å²) in [5, 5.41) is 16.5. The molecule has 0 amide bonds. The molecule has 1 aromatic carbocycles. The zero-order valence-corrected chi connectivity index (χ0v) is 24.7. The Morgan fingerprint density at radius 2 is 1.73 bits per heavy atom. The first-order valence-corrected chi connectivity index (χ1v) is 14.8. The lowest BCUT2D eigenvalue weighted by Gasteiger charge is -2.15.